The summed E-state index contributed by atoms with van der Waals surface area (Å²) in [5.41, 5.74) is 0. The molecule has 0 saturated carbocycles. The van der Waals surface area contributed by atoms with E-state index in [4.69, 9.17) is 0 Å². The molecule has 1 fully saturated rings. The molecule has 1 atom stereocenters. The molecule has 1 aliphatic rings. The Labute approximate surface area is 68.6 Å². The van der Waals surface area contributed by atoms with E-state index in [1.165, 1.54) is 6.42 Å². The van der Waals surface area contributed by atoms with E-state index in [1.807, 2.05) is 4.90 Å². The molecule has 0 aromatic carbocycles. The first-order valence-electron chi connectivity index (χ1n) is 4.55. The summed E-state index contributed by atoms with van der Waals surface area (Å²) >= 11 is 0. The molecule has 1 saturated heterocycles. The summed E-state index contributed by atoms with van der Waals surface area (Å²) in [5.74, 6) is 0.353. The van der Waals surface area contributed by atoms with Gasteiger partial charge in [-0.05, 0) is 19.8 Å². The van der Waals surface area contributed by atoms with Crippen LogP contribution in [0.3, 0.4) is 0 Å². The van der Waals surface area contributed by atoms with E-state index in [-0.39, 0.29) is 0 Å². The fraction of sp³-hybridized carbons (Fsp3) is 0.889. The zero-order valence-electron chi connectivity index (χ0n) is 7.47. The average Bonchev–Trinajstić information content (AvgIpc) is 2.36. The number of rotatable bonds is 3. The van der Waals surface area contributed by atoms with Crippen LogP contribution in [0.15, 0.2) is 0 Å². The lowest BCUT2D eigenvalue weighted by Gasteiger charge is -2.23. The van der Waals surface area contributed by atoms with E-state index in [0.717, 1.165) is 25.8 Å². The van der Waals surface area contributed by atoms with Crippen LogP contribution in [0.4, 0.5) is 0 Å². The first kappa shape index (κ1) is 8.57. The molecule has 0 aliphatic carbocycles. The minimum Gasteiger partial charge on any atom is -0.340 e. The topological polar surface area (TPSA) is 20.3 Å². The third-order valence-corrected chi connectivity index (χ3v) is 2.35. The number of hydrogen-bond acceptors (Lipinski definition) is 1. The molecule has 1 heterocycles. The monoisotopic (exact) mass is 155 g/mol. The molecule has 0 bridgehead atoms. The first-order chi connectivity index (χ1) is 5.25. The molecular formula is C9H17NO. The lowest BCUT2D eigenvalue weighted by Crippen LogP contribution is -2.33. The van der Waals surface area contributed by atoms with Crippen molar-refractivity contribution >= 4 is 5.91 Å². The number of amides is 1. The van der Waals surface area contributed by atoms with Crippen LogP contribution >= 0.6 is 0 Å². The van der Waals surface area contributed by atoms with E-state index in [2.05, 4.69) is 13.8 Å². The van der Waals surface area contributed by atoms with Gasteiger partial charge in [0.15, 0.2) is 0 Å². The zero-order chi connectivity index (χ0) is 8.27. The van der Waals surface area contributed by atoms with Gasteiger partial charge in [0, 0.05) is 19.0 Å². The van der Waals surface area contributed by atoms with Gasteiger partial charge >= 0.3 is 0 Å². The number of carbonyl (C=O) groups excluding carboxylic acids is 1. The van der Waals surface area contributed by atoms with Crippen molar-refractivity contribution < 1.29 is 4.79 Å². The number of carbonyl (C=O) groups is 1. The number of hydrogen-bond donors (Lipinski definition) is 0. The Bertz CT molecular complexity index is 144. The number of nitrogens with zero attached hydrogens (tertiary/aromatic N) is 1. The van der Waals surface area contributed by atoms with Gasteiger partial charge in [0.05, 0.1) is 0 Å². The normalized spacial score (nSPS) is 20.9. The summed E-state index contributed by atoms with van der Waals surface area (Å²) in [6.45, 7) is 5.30. The summed E-state index contributed by atoms with van der Waals surface area (Å²) in [4.78, 5) is 13.2. The third kappa shape index (κ3) is 1.95. The van der Waals surface area contributed by atoms with Gasteiger partial charge in [-0.3, -0.25) is 4.79 Å². The number of likely N-dealkylation sites (tertiary alicyclic amines) is 1. The summed E-state index contributed by atoms with van der Waals surface area (Å²) in [5, 5.41) is 0. The van der Waals surface area contributed by atoms with Crippen LogP contribution in [0.25, 0.3) is 0 Å². The summed E-state index contributed by atoms with van der Waals surface area (Å²) in [6, 6.07) is 0.468. The molecule has 11 heavy (non-hydrogen) atoms. The molecular weight excluding hydrogens is 138 g/mol. The van der Waals surface area contributed by atoms with Crippen molar-refractivity contribution in [2.45, 2.75) is 45.6 Å². The van der Waals surface area contributed by atoms with E-state index >= 15 is 0 Å². The second-order valence-corrected chi connectivity index (χ2v) is 3.33. The lowest BCUT2D eigenvalue weighted by atomic mass is 10.2. The Morgan fingerprint density at radius 2 is 2.36 bits per heavy atom. The van der Waals surface area contributed by atoms with Crippen LogP contribution in [-0.4, -0.2) is 23.4 Å². The molecule has 0 aromatic rings. The van der Waals surface area contributed by atoms with E-state index in [0.29, 0.717) is 11.9 Å². The zero-order valence-corrected chi connectivity index (χ0v) is 7.47. The minimum absolute atomic E-state index is 0.353. The SMILES string of the molecule is CCC[C@@H](C)N1CCCC1=O. The summed E-state index contributed by atoms with van der Waals surface area (Å²) in [6.07, 6.45) is 4.15. The molecule has 0 radical (unpaired) electrons. The molecule has 0 N–H and O–H groups in total. The van der Waals surface area contributed by atoms with Crippen molar-refractivity contribution in [3.05, 3.63) is 0 Å². The van der Waals surface area contributed by atoms with Gasteiger partial charge in [-0.25, -0.2) is 0 Å². The Morgan fingerprint density at radius 1 is 1.64 bits per heavy atom. The largest absolute Gasteiger partial charge is 0.340 e. The fourth-order valence-corrected chi connectivity index (χ4v) is 1.71. The lowest BCUT2D eigenvalue weighted by molar-refractivity contribution is -0.129. The fourth-order valence-electron chi connectivity index (χ4n) is 1.71. The molecule has 0 spiro atoms. The molecule has 1 rings (SSSR count). The van der Waals surface area contributed by atoms with Gasteiger partial charge in [0.2, 0.25) is 5.91 Å². The van der Waals surface area contributed by atoms with Crippen molar-refractivity contribution in [3.63, 3.8) is 0 Å². The Balaban J connectivity index is 2.39. The standard InChI is InChI=1S/C9H17NO/c1-3-5-8(2)10-7-4-6-9(10)11/h8H,3-7H2,1-2H3/t8-/m1/s1. The van der Waals surface area contributed by atoms with Crippen molar-refractivity contribution in [2.75, 3.05) is 6.54 Å². The van der Waals surface area contributed by atoms with E-state index in [1.54, 1.807) is 0 Å². The van der Waals surface area contributed by atoms with E-state index < -0.39 is 0 Å². The molecule has 0 aromatic heterocycles. The summed E-state index contributed by atoms with van der Waals surface area (Å²) in [7, 11) is 0. The minimum atomic E-state index is 0.353. The third-order valence-electron chi connectivity index (χ3n) is 2.35. The van der Waals surface area contributed by atoms with Crippen LogP contribution in [0.5, 0.6) is 0 Å². The maximum Gasteiger partial charge on any atom is 0.222 e. The maximum absolute atomic E-state index is 11.2. The highest BCUT2D eigenvalue weighted by atomic mass is 16.2. The smallest absolute Gasteiger partial charge is 0.222 e. The first-order valence-corrected chi connectivity index (χ1v) is 4.55. The summed E-state index contributed by atoms with van der Waals surface area (Å²) < 4.78 is 0. The molecule has 64 valence electrons. The highest BCUT2D eigenvalue weighted by molar-refractivity contribution is 5.78. The van der Waals surface area contributed by atoms with Crippen molar-refractivity contribution in [1.82, 2.24) is 4.90 Å². The van der Waals surface area contributed by atoms with Gasteiger partial charge in [-0.1, -0.05) is 13.3 Å². The molecule has 2 heteroatoms. The van der Waals surface area contributed by atoms with Gasteiger partial charge in [0.1, 0.15) is 0 Å². The van der Waals surface area contributed by atoms with Crippen molar-refractivity contribution in [1.29, 1.82) is 0 Å². The van der Waals surface area contributed by atoms with Gasteiger partial charge < -0.3 is 4.90 Å². The molecule has 2 nitrogen and oxygen atoms in total. The van der Waals surface area contributed by atoms with Crippen molar-refractivity contribution in [2.24, 2.45) is 0 Å². The predicted octanol–water partition coefficient (Wildman–Crippen LogP) is 1.80. The van der Waals surface area contributed by atoms with Crippen LogP contribution in [0.1, 0.15) is 39.5 Å². The van der Waals surface area contributed by atoms with Gasteiger partial charge in [0.25, 0.3) is 0 Å². The second kappa shape index (κ2) is 3.74. The average molecular weight is 155 g/mol. The Kier molecular flexibility index (Phi) is 2.92. The highest BCUT2D eigenvalue weighted by Crippen LogP contribution is 2.15. The van der Waals surface area contributed by atoms with E-state index in [9.17, 15) is 4.79 Å². The second-order valence-electron chi connectivity index (χ2n) is 3.33. The van der Waals surface area contributed by atoms with Gasteiger partial charge in [-0.2, -0.15) is 0 Å². The molecule has 1 amide bonds. The Morgan fingerprint density at radius 3 is 2.82 bits per heavy atom. The van der Waals surface area contributed by atoms with Crippen LogP contribution in [0.2, 0.25) is 0 Å². The molecule has 0 unspecified atom stereocenters. The maximum atomic E-state index is 11.2. The van der Waals surface area contributed by atoms with Crippen LogP contribution in [-0.2, 0) is 4.79 Å². The van der Waals surface area contributed by atoms with Crippen molar-refractivity contribution in [3.8, 4) is 0 Å². The predicted molar refractivity (Wildman–Crippen MR) is 45.3 cm³/mol. The quantitative estimate of drug-likeness (QED) is 0.608. The Hall–Kier alpha value is -0.530. The van der Waals surface area contributed by atoms with Crippen LogP contribution < -0.4 is 0 Å². The van der Waals surface area contributed by atoms with Gasteiger partial charge in [-0.15, -0.1) is 0 Å². The highest BCUT2D eigenvalue weighted by Gasteiger charge is 2.23. The molecule has 1 aliphatic heterocycles. The van der Waals surface area contributed by atoms with Crippen LogP contribution in [0, 0.1) is 0 Å².